The molecule has 2 aromatic carbocycles. The van der Waals surface area contributed by atoms with Crippen LogP contribution in [0.1, 0.15) is 23.2 Å². The second kappa shape index (κ2) is 6.52. The minimum absolute atomic E-state index is 0.272. The highest BCUT2D eigenvalue weighted by Gasteiger charge is 2.21. The molecule has 122 valence electrons. The Balaban J connectivity index is 1.42. The minimum Gasteiger partial charge on any atom is -0.358 e. The van der Waals surface area contributed by atoms with E-state index in [-0.39, 0.29) is 5.91 Å². The van der Waals surface area contributed by atoms with Crippen molar-refractivity contribution in [1.82, 2.24) is 9.88 Å². The summed E-state index contributed by atoms with van der Waals surface area (Å²) in [7, 11) is 0. The van der Waals surface area contributed by atoms with Crippen molar-refractivity contribution < 1.29 is 4.79 Å². The summed E-state index contributed by atoms with van der Waals surface area (Å²) < 4.78 is 0. The SMILES string of the molecule is O=C(CCc1ccccc1)N1CCc2[nH]c3ccccc3c2CC1. The fourth-order valence-corrected chi connectivity index (χ4v) is 3.66. The number of carbonyl (C=O) groups is 1. The van der Waals surface area contributed by atoms with Gasteiger partial charge in [0.25, 0.3) is 0 Å². The number of nitrogens with zero attached hydrogens (tertiary/aromatic N) is 1. The zero-order valence-electron chi connectivity index (χ0n) is 13.8. The van der Waals surface area contributed by atoms with Gasteiger partial charge < -0.3 is 9.88 Å². The summed E-state index contributed by atoms with van der Waals surface area (Å²) in [6, 6.07) is 18.7. The lowest BCUT2D eigenvalue weighted by Gasteiger charge is -2.20. The van der Waals surface area contributed by atoms with Gasteiger partial charge >= 0.3 is 0 Å². The molecule has 2 heterocycles. The molecule has 3 heteroatoms. The summed E-state index contributed by atoms with van der Waals surface area (Å²) in [6.07, 6.45) is 3.28. The summed E-state index contributed by atoms with van der Waals surface area (Å²) >= 11 is 0. The number of hydrogen-bond donors (Lipinski definition) is 1. The predicted octanol–water partition coefficient (Wildman–Crippen LogP) is 3.73. The van der Waals surface area contributed by atoms with Gasteiger partial charge in [-0.3, -0.25) is 4.79 Å². The van der Waals surface area contributed by atoms with E-state index in [1.165, 1.54) is 27.7 Å². The highest BCUT2D eigenvalue weighted by atomic mass is 16.2. The first-order chi connectivity index (χ1) is 11.8. The number of benzene rings is 2. The highest BCUT2D eigenvalue weighted by Crippen LogP contribution is 2.25. The van der Waals surface area contributed by atoms with Crippen LogP contribution in [0, 0.1) is 0 Å². The molecule has 0 radical (unpaired) electrons. The van der Waals surface area contributed by atoms with Crippen LogP contribution in [0.4, 0.5) is 0 Å². The van der Waals surface area contributed by atoms with Gasteiger partial charge in [-0.05, 0) is 30.0 Å². The first-order valence-corrected chi connectivity index (χ1v) is 8.71. The monoisotopic (exact) mass is 318 g/mol. The van der Waals surface area contributed by atoms with Crippen LogP contribution in [0.5, 0.6) is 0 Å². The van der Waals surface area contributed by atoms with Crippen molar-refractivity contribution in [1.29, 1.82) is 0 Å². The molecule has 0 saturated heterocycles. The summed E-state index contributed by atoms with van der Waals surface area (Å²) in [5.74, 6) is 0.272. The molecule has 3 nitrogen and oxygen atoms in total. The van der Waals surface area contributed by atoms with Gasteiger partial charge in [0.05, 0.1) is 0 Å². The fourth-order valence-electron chi connectivity index (χ4n) is 3.66. The number of nitrogens with one attached hydrogen (secondary N) is 1. The van der Waals surface area contributed by atoms with Gasteiger partial charge in [-0.25, -0.2) is 0 Å². The second-order valence-electron chi connectivity index (χ2n) is 6.49. The van der Waals surface area contributed by atoms with Crippen LogP contribution in [0.3, 0.4) is 0 Å². The van der Waals surface area contributed by atoms with Gasteiger partial charge in [0.1, 0.15) is 0 Å². The molecular formula is C21H22N2O. The normalized spacial score (nSPS) is 14.4. The highest BCUT2D eigenvalue weighted by molar-refractivity contribution is 5.85. The third-order valence-electron chi connectivity index (χ3n) is 4.99. The number of H-pyrrole nitrogens is 1. The maximum absolute atomic E-state index is 12.6. The van der Waals surface area contributed by atoms with Gasteiger partial charge in [0.2, 0.25) is 5.91 Å². The summed E-state index contributed by atoms with van der Waals surface area (Å²) in [5, 5.41) is 1.31. The van der Waals surface area contributed by atoms with E-state index in [0.717, 1.165) is 32.4 Å². The van der Waals surface area contributed by atoms with Crippen molar-refractivity contribution in [2.75, 3.05) is 13.1 Å². The molecule has 0 unspecified atom stereocenters. The summed E-state index contributed by atoms with van der Waals surface area (Å²) in [4.78, 5) is 18.1. The molecule has 1 aromatic heterocycles. The van der Waals surface area contributed by atoms with Crippen LogP contribution in [0.25, 0.3) is 10.9 Å². The van der Waals surface area contributed by atoms with E-state index >= 15 is 0 Å². The van der Waals surface area contributed by atoms with Crippen molar-refractivity contribution in [3.63, 3.8) is 0 Å². The second-order valence-corrected chi connectivity index (χ2v) is 6.49. The fraction of sp³-hybridized carbons (Fsp3) is 0.286. The topological polar surface area (TPSA) is 36.1 Å². The Kier molecular flexibility index (Phi) is 4.08. The summed E-state index contributed by atoms with van der Waals surface area (Å²) in [6.45, 7) is 1.63. The van der Waals surface area contributed by atoms with Crippen LogP contribution < -0.4 is 0 Å². The number of carbonyl (C=O) groups excluding carboxylic acids is 1. The average molecular weight is 318 g/mol. The lowest BCUT2D eigenvalue weighted by atomic mass is 10.1. The van der Waals surface area contributed by atoms with E-state index in [0.29, 0.717) is 6.42 Å². The molecule has 0 atom stereocenters. The van der Waals surface area contributed by atoms with Gasteiger partial charge in [-0.15, -0.1) is 0 Å². The Morgan fingerprint density at radius 2 is 1.71 bits per heavy atom. The third-order valence-corrected chi connectivity index (χ3v) is 4.99. The Hall–Kier alpha value is -2.55. The van der Waals surface area contributed by atoms with Crippen molar-refractivity contribution in [3.05, 3.63) is 71.4 Å². The van der Waals surface area contributed by atoms with Crippen molar-refractivity contribution in [2.24, 2.45) is 0 Å². The number of aryl methyl sites for hydroxylation is 1. The number of amides is 1. The Morgan fingerprint density at radius 1 is 0.958 bits per heavy atom. The van der Waals surface area contributed by atoms with Crippen LogP contribution >= 0.6 is 0 Å². The van der Waals surface area contributed by atoms with Gasteiger partial charge in [0, 0.05) is 42.5 Å². The molecule has 0 aliphatic carbocycles. The predicted molar refractivity (Wildman–Crippen MR) is 97.0 cm³/mol. The van der Waals surface area contributed by atoms with Crippen LogP contribution in [-0.2, 0) is 24.1 Å². The molecule has 1 aliphatic heterocycles. The number of rotatable bonds is 3. The van der Waals surface area contributed by atoms with E-state index in [2.05, 4.69) is 41.4 Å². The lowest BCUT2D eigenvalue weighted by molar-refractivity contribution is -0.131. The smallest absolute Gasteiger partial charge is 0.222 e. The molecule has 1 N–H and O–H groups in total. The van der Waals surface area contributed by atoms with Crippen LogP contribution in [0.15, 0.2) is 54.6 Å². The average Bonchev–Trinajstić information content (AvgIpc) is 2.85. The largest absolute Gasteiger partial charge is 0.358 e. The molecule has 1 amide bonds. The molecule has 0 spiro atoms. The first-order valence-electron chi connectivity index (χ1n) is 8.71. The number of hydrogen-bond acceptors (Lipinski definition) is 1. The molecule has 0 saturated carbocycles. The van der Waals surface area contributed by atoms with E-state index in [1.807, 2.05) is 23.1 Å². The molecule has 4 rings (SSSR count). The molecule has 1 aliphatic rings. The Bertz CT molecular complexity index is 851. The Labute approximate surface area is 142 Å². The number of aromatic amines is 1. The van der Waals surface area contributed by atoms with E-state index in [4.69, 9.17) is 0 Å². The van der Waals surface area contributed by atoms with Crippen LogP contribution in [-0.4, -0.2) is 28.9 Å². The Morgan fingerprint density at radius 3 is 2.58 bits per heavy atom. The third kappa shape index (κ3) is 2.94. The van der Waals surface area contributed by atoms with Gasteiger partial charge in [-0.2, -0.15) is 0 Å². The maximum atomic E-state index is 12.6. The number of para-hydroxylation sites is 1. The van der Waals surface area contributed by atoms with Crippen LogP contribution in [0.2, 0.25) is 0 Å². The summed E-state index contributed by atoms with van der Waals surface area (Å²) in [5.41, 5.74) is 5.14. The zero-order valence-corrected chi connectivity index (χ0v) is 13.8. The molecule has 0 bridgehead atoms. The molecular weight excluding hydrogens is 296 g/mol. The molecule has 3 aromatic rings. The quantitative estimate of drug-likeness (QED) is 0.785. The van der Waals surface area contributed by atoms with Gasteiger partial charge in [-0.1, -0.05) is 48.5 Å². The van der Waals surface area contributed by atoms with Crippen molar-refractivity contribution in [2.45, 2.75) is 25.7 Å². The maximum Gasteiger partial charge on any atom is 0.222 e. The lowest BCUT2D eigenvalue weighted by Crippen LogP contribution is -2.33. The van der Waals surface area contributed by atoms with E-state index in [9.17, 15) is 4.79 Å². The molecule has 0 fully saturated rings. The van der Waals surface area contributed by atoms with Crippen molar-refractivity contribution >= 4 is 16.8 Å². The van der Waals surface area contributed by atoms with Crippen molar-refractivity contribution in [3.8, 4) is 0 Å². The first kappa shape index (κ1) is 15.0. The van der Waals surface area contributed by atoms with E-state index < -0.39 is 0 Å². The van der Waals surface area contributed by atoms with E-state index in [1.54, 1.807) is 0 Å². The standard InChI is InChI=1S/C21H22N2O/c24-21(11-10-16-6-2-1-3-7-16)23-14-12-18-17-8-4-5-9-19(17)22-20(18)13-15-23/h1-9,22H,10-15H2. The van der Waals surface area contributed by atoms with Gasteiger partial charge in [0.15, 0.2) is 0 Å². The minimum atomic E-state index is 0.272. The number of fused-ring (bicyclic) bond motifs is 3. The zero-order chi connectivity index (χ0) is 16.4. The molecule has 24 heavy (non-hydrogen) atoms. The number of aromatic nitrogens is 1.